The maximum Gasteiger partial charge on any atom is 0.317 e. The van der Waals surface area contributed by atoms with E-state index >= 15 is 0 Å². The lowest BCUT2D eigenvalue weighted by atomic mass is 9.96. The van der Waals surface area contributed by atoms with Crippen LogP contribution in [-0.4, -0.2) is 60.5 Å². The first-order valence-electron chi connectivity index (χ1n) is 8.04. The average molecular weight is 326 g/mol. The van der Waals surface area contributed by atoms with E-state index in [4.69, 9.17) is 14.0 Å². The van der Waals surface area contributed by atoms with Gasteiger partial charge in [0.25, 0.3) is 5.89 Å². The minimum absolute atomic E-state index is 0.00112. The van der Waals surface area contributed by atoms with Crippen molar-refractivity contribution in [1.82, 2.24) is 20.4 Å². The standard InChI is InChI=1S/C15H26N4O4/c1-11(2)16-15(20)19-6-4-12(5-7-19)14-17-13(23-18-14)10-22-9-8-21-3/h11-12H,4-10H2,1-3H3,(H,16,20). The first kappa shape index (κ1) is 17.7. The summed E-state index contributed by atoms with van der Waals surface area (Å²) in [5.41, 5.74) is 0. The molecule has 2 heterocycles. The second kappa shape index (κ2) is 8.83. The van der Waals surface area contributed by atoms with Gasteiger partial charge >= 0.3 is 6.03 Å². The molecule has 8 nitrogen and oxygen atoms in total. The second-order valence-electron chi connectivity index (χ2n) is 5.96. The number of amides is 2. The SMILES string of the molecule is COCCOCc1nc(C2CCN(C(=O)NC(C)C)CC2)no1. The van der Waals surface area contributed by atoms with Gasteiger partial charge in [0, 0.05) is 32.2 Å². The van der Waals surface area contributed by atoms with Gasteiger partial charge in [-0.3, -0.25) is 0 Å². The Hall–Kier alpha value is -1.67. The zero-order valence-corrected chi connectivity index (χ0v) is 14.1. The molecular weight excluding hydrogens is 300 g/mol. The maximum atomic E-state index is 12.0. The number of carbonyl (C=O) groups excluding carboxylic acids is 1. The molecule has 0 bridgehead atoms. The van der Waals surface area contributed by atoms with Crippen molar-refractivity contribution in [3.63, 3.8) is 0 Å². The van der Waals surface area contributed by atoms with E-state index in [2.05, 4.69) is 15.5 Å². The fourth-order valence-electron chi connectivity index (χ4n) is 2.47. The molecule has 1 aliphatic rings. The van der Waals surface area contributed by atoms with E-state index in [0.29, 0.717) is 44.6 Å². The van der Waals surface area contributed by atoms with E-state index in [1.165, 1.54) is 0 Å². The largest absolute Gasteiger partial charge is 0.382 e. The topological polar surface area (TPSA) is 89.7 Å². The summed E-state index contributed by atoms with van der Waals surface area (Å²) in [6.07, 6.45) is 1.68. The number of aromatic nitrogens is 2. The van der Waals surface area contributed by atoms with Crippen LogP contribution in [-0.2, 0) is 16.1 Å². The Balaban J connectivity index is 1.77. The molecule has 23 heavy (non-hydrogen) atoms. The molecule has 1 aromatic rings. The van der Waals surface area contributed by atoms with Crippen molar-refractivity contribution in [2.45, 2.75) is 45.3 Å². The van der Waals surface area contributed by atoms with Crippen molar-refractivity contribution in [1.29, 1.82) is 0 Å². The van der Waals surface area contributed by atoms with Crippen LogP contribution in [0.15, 0.2) is 4.52 Å². The van der Waals surface area contributed by atoms with Crippen LogP contribution in [0, 0.1) is 0 Å². The van der Waals surface area contributed by atoms with Crippen molar-refractivity contribution in [2.75, 3.05) is 33.4 Å². The Labute approximate surface area is 136 Å². The number of piperidine rings is 1. The van der Waals surface area contributed by atoms with E-state index < -0.39 is 0 Å². The number of ether oxygens (including phenoxy) is 2. The van der Waals surface area contributed by atoms with Gasteiger partial charge in [0.15, 0.2) is 5.82 Å². The van der Waals surface area contributed by atoms with Crippen molar-refractivity contribution < 1.29 is 18.8 Å². The number of methoxy groups -OCH3 is 1. The molecule has 130 valence electrons. The third kappa shape index (κ3) is 5.47. The minimum atomic E-state index is -0.00112. The summed E-state index contributed by atoms with van der Waals surface area (Å²) in [6, 6.07) is 0.150. The molecule has 2 rings (SSSR count). The fraction of sp³-hybridized carbons (Fsp3) is 0.800. The van der Waals surface area contributed by atoms with Crippen LogP contribution in [0.25, 0.3) is 0 Å². The molecule has 0 saturated carbocycles. The minimum Gasteiger partial charge on any atom is -0.382 e. The van der Waals surface area contributed by atoms with Crippen LogP contribution >= 0.6 is 0 Å². The van der Waals surface area contributed by atoms with Gasteiger partial charge in [0.05, 0.1) is 13.2 Å². The van der Waals surface area contributed by atoms with Gasteiger partial charge in [-0.1, -0.05) is 5.16 Å². The number of likely N-dealkylation sites (tertiary alicyclic amines) is 1. The Morgan fingerprint density at radius 1 is 1.39 bits per heavy atom. The highest BCUT2D eigenvalue weighted by atomic mass is 16.5. The Bertz CT molecular complexity index is 484. The van der Waals surface area contributed by atoms with Crippen LogP contribution in [0.2, 0.25) is 0 Å². The van der Waals surface area contributed by atoms with E-state index in [1.54, 1.807) is 7.11 Å². The average Bonchev–Trinajstić information content (AvgIpc) is 3.00. The first-order valence-corrected chi connectivity index (χ1v) is 8.04. The zero-order valence-electron chi connectivity index (χ0n) is 14.1. The van der Waals surface area contributed by atoms with Crippen LogP contribution in [0.5, 0.6) is 0 Å². The highest BCUT2D eigenvalue weighted by Crippen LogP contribution is 2.26. The van der Waals surface area contributed by atoms with Gasteiger partial charge in [-0.25, -0.2) is 4.79 Å². The van der Waals surface area contributed by atoms with Gasteiger partial charge in [-0.15, -0.1) is 0 Å². The maximum absolute atomic E-state index is 12.0. The van der Waals surface area contributed by atoms with Gasteiger partial charge in [0.2, 0.25) is 0 Å². The van der Waals surface area contributed by atoms with E-state index in [9.17, 15) is 4.79 Å². The van der Waals surface area contributed by atoms with Crippen LogP contribution < -0.4 is 5.32 Å². The summed E-state index contributed by atoms with van der Waals surface area (Å²) in [5, 5.41) is 6.96. The predicted molar refractivity (Wildman–Crippen MR) is 83.0 cm³/mol. The number of hydrogen-bond donors (Lipinski definition) is 1. The van der Waals surface area contributed by atoms with Crippen molar-refractivity contribution >= 4 is 6.03 Å². The highest BCUT2D eigenvalue weighted by molar-refractivity contribution is 5.74. The van der Waals surface area contributed by atoms with Crippen LogP contribution in [0.4, 0.5) is 4.79 Å². The molecule has 1 saturated heterocycles. The molecule has 1 N–H and O–H groups in total. The molecule has 0 radical (unpaired) electrons. The normalized spacial score (nSPS) is 16.1. The number of hydrogen-bond acceptors (Lipinski definition) is 6. The molecule has 0 aliphatic carbocycles. The summed E-state index contributed by atoms with van der Waals surface area (Å²) in [6.45, 7) is 6.66. The Morgan fingerprint density at radius 3 is 2.78 bits per heavy atom. The van der Waals surface area contributed by atoms with Crippen molar-refractivity contribution in [2.24, 2.45) is 0 Å². The first-order chi connectivity index (χ1) is 11.1. The molecule has 0 atom stereocenters. The van der Waals surface area contributed by atoms with Crippen LogP contribution in [0.1, 0.15) is 44.3 Å². The summed E-state index contributed by atoms with van der Waals surface area (Å²) in [4.78, 5) is 18.2. The van der Waals surface area contributed by atoms with Gasteiger partial charge < -0.3 is 24.2 Å². The van der Waals surface area contributed by atoms with Gasteiger partial charge in [-0.05, 0) is 26.7 Å². The lowest BCUT2D eigenvalue weighted by Gasteiger charge is -2.31. The number of nitrogens with one attached hydrogen (secondary N) is 1. The predicted octanol–water partition coefficient (Wildman–Crippen LogP) is 1.53. The van der Waals surface area contributed by atoms with E-state index in [0.717, 1.165) is 12.8 Å². The van der Waals surface area contributed by atoms with E-state index in [1.807, 2.05) is 18.7 Å². The molecule has 0 aromatic carbocycles. The molecular formula is C15H26N4O4. The summed E-state index contributed by atoms with van der Waals surface area (Å²) in [7, 11) is 1.63. The third-order valence-corrected chi connectivity index (χ3v) is 3.70. The lowest BCUT2D eigenvalue weighted by molar-refractivity contribution is 0.0494. The molecule has 0 spiro atoms. The van der Waals surface area contributed by atoms with Gasteiger partial charge in [-0.2, -0.15) is 4.98 Å². The number of nitrogens with zero attached hydrogens (tertiary/aromatic N) is 3. The summed E-state index contributed by atoms with van der Waals surface area (Å²) < 4.78 is 15.5. The Kier molecular flexibility index (Phi) is 6.79. The molecule has 2 amide bonds. The van der Waals surface area contributed by atoms with E-state index in [-0.39, 0.29) is 18.0 Å². The summed E-state index contributed by atoms with van der Waals surface area (Å²) in [5.74, 6) is 1.42. The lowest BCUT2D eigenvalue weighted by Crippen LogP contribution is -2.46. The Morgan fingerprint density at radius 2 is 2.13 bits per heavy atom. The summed E-state index contributed by atoms with van der Waals surface area (Å²) >= 11 is 0. The number of carbonyl (C=O) groups is 1. The molecule has 1 aliphatic heterocycles. The monoisotopic (exact) mass is 326 g/mol. The molecule has 8 heteroatoms. The second-order valence-corrected chi connectivity index (χ2v) is 5.96. The van der Waals surface area contributed by atoms with Gasteiger partial charge in [0.1, 0.15) is 6.61 Å². The fourth-order valence-corrected chi connectivity index (χ4v) is 2.47. The van der Waals surface area contributed by atoms with Crippen LogP contribution in [0.3, 0.4) is 0 Å². The molecule has 1 fully saturated rings. The third-order valence-electron chi connectivity index (χ3n) is 3.70. The molecule has 1 aromatic heterocycles. The molecule has 0 unspecified atom stereocenters. The van der Waals surface area contributed by atoms with Crippen molar-refractivity contribution in [3.8, 4) is 0 Å². The zero-order chi connectivity index (χ0) is 16.7. The quantitative estimate of drug-likeness (QED) is 0.764. The highest BCUT2D eigenvalue weighted by Gasteiger charge is 2.27. The smallest absolute Gasteiger partial charge is 0.317 e. The number of urea groups is 1. The number of rotatable bonds is 7. The van der Waals surface area contributed by atoms with Crippen molar-refractivity contribution in [3.05, 3.63) is 11.7 Å².